The lowest BCUT2D eigenvalue weighted by Crippen LogP contribution is -2.30. The molecule has 1 aliphatic heterocycles. The highest BCUT2D eigenvalue weighted by atomic mass is 16.5. The van der Waals surface area contributed by atoms with Gasteiger partial charge in [-0.05, 0) is 36.4 Å². The summed E-state index contributed by atoms with van der Waals surface area (Å²) < 4.78 is 7.49. The van der Waals surface area contributed by atoms with Gasteiger partial charge in [-0.2, -0.15) is 0 Å². The van der Waals surface area contributed by atoms with Gasteiger partial charge in [-0.3, -0.25) is 4.90 Å². The average molecular weight is 359 g/mol. The zero-order chi connectivity index (χ0) is 18.2. The summed E-state index contributed by atoms with van der Waals surface area (Å²) in [4.78, 5) is 15.0. The van der Waals surface area contributed by atoms with E-state index >= 15 is 0 Å². The summed E-state index contributed by atoms with van der Waals surface area (Å²) in [5.41, 5.74) is 6.73. The third-order valence-electron chi connectivity index (χ3n) is 5.22. The van der Waals surface area contributed by atoms with Crippen molar-refractivity contribution in [3.05, 3.63) is 72.1 Å². The van der Waals surface area contributed by atoms with Gasteiger partial charge in [0.05, 0.1) is 36.2 Å². The lowest BCUT2D eigenvalue weighted by Gasteiger charge is -2.26. The van der Waals surface area contributed by atoms with Crippen LogP contribution >= 0.6 is 0 Å². The summed E-state index contributed by atoms with van der Waals surface area (Å²) in [5, 5.41) is 0. The fourth-order valence-corrected chi connectivity index (χ4v) is 3.79. The number of hydrogen-bond acceptors (Lipinski definition) is 4. The second-order valence-corrected chi connectivity index (χ2v) is 6.85. The third kappa shape index (κ3) is 2.88. The van der Waals surface area contributed by atoms with Gasteiger partial charge in [-0.15, -0.1) is 0 Å². The molecule has 0 amide bonds. The van der Waals surface area contributed by atoms with Gasteiger partial charge in [-0.1, -0.05) is 6.07 Å². The number of aromatic nitrogens is 4. The van der Waals surface area contributed by atoms with Gasteiger partial charge in [0.2, 0.25) is 0 Å². The Kier molecular flexibility index (Phi) is 3.90. The van der Waals surface area contributed by atoms with E-state index in [1.807, 2.05) is 18.2 Å². The van der Waals surface area contributed by atoms with Crippen LogP contribution in [0, 0.1) is 0 Å². The third-order valence-corrected chi connectivity index (χ3v) is 5.22. The van der Waals surface area contributed by atoms with Crippen molar-refractivity contribution in [2.45, 2.75) is 19.5 Å². The van der Waals surface area contributed by atoms with E-state index in [2.05, 4.69) is 49.7 Å². The first-order valence-electron chi connectivity index (χ1n) is 9.15. The van der Waals surface area contributed by atoms with Gasteiger partial charge < -0.3 is 14.1 Å². The highest BCUT2D eigenvalue weighted by molar-refractivity contribution is 5.67. The number of benzene rings is 1. The zero-order valence-electron chi connectivity index (χ0n) is 15.2. The van der Waals surface area contributed by atoms with Gasteiger partial charge in [0.1, 0.15) is 11.4 Å². The maximum absolute atomic E-state index is 5.30. The SMILES string of the molecule is COc1ccc(-c2nc3ccccn3c2CN2CCc3nc[nH]c3C2)cc1. The van der Waals surface area contributed by atoms with Crippen LogP contribution in [0.15, 0.2) is 55.0 Å². The smallest absolute Gasteiger partial charge is 0.137 e. The lowest BCUT2D eigenvalue weighted by atomic mass is 10.1. The van der Waals surface area contributed by atoms with Crippen LogP contribution in [-0.4, -0.2) is 37.9 Å². The highest BCUT2D eigenvalue weighted by Gasteiger charge is 2.22. The van der Waals surface area contributed by atoms with Crippen LogP contribution in [0.2, 0.25) is 0 Å². The van der Waals surface area contributed by atoms with Gasteiger partial charge >= 0.3 is 0 Å². The number of imidazole rings is 2. The molecule has 6 heteroatoms. The van der Waals surface area contributed by atoms with Crippen LogP contribution in [0.25, 0.3) is 16.9 Å². The maximum Gasteiger partial charge on any atom is 0.137 e. The van der Waals surface area contributed by atoms with E-state index in [9.17, 15) is 0 Å². The lowest BCUT2D eigenvalue weighted by molar-refractivity contribution is 0.238. The number of fused-ring (bicyclic) bond motifs is 2. The number of nitrogens with one attached hydrogen (secondary N) is 1. The monoisotopic (exact) mass is 359 g/mol. The molecule has 0 aliphatic carbocycles. The maximum atomic E-state index is 5.30. The summed E-state index contributed by atoms with van der Waals surface area (Å²) in [6.45, 7) is 2.72. The van der Waals surface area contributed by atoms with E-state index < -0.39 is 0 Å². The standard InChI is InChI=1S/C21H21N5O/c1-27-16-7-5-15(6-8-16)21-19(26-10-3-2-4-20(26)24-21)13-25-11-9-17-18(12-25)23-14-22-17/h2-8,10,14H,9,11-13H2,1H3,(H,22,23). The normalized spacial score (nSPS) is 14.4. The topological polar surface area (TPSA) is 58.5 Å². The predicted molar refractivity (Wildman–Crippen MR) is 104 cm³/mol. The van der Waals surface area contributed by atoms with Gasteiger partial charge in [0.25, 0.3) is 0 Å². The molecule has 0 spiro atoms. The van der Waals surface area contributed by atoms with Gasteiger partial charge in [0.15, 0.2) is 0 Å². The molecule has 5 rings (SSSR count). The van der Waals surface area contributed by atoms with Crippen molar-refractivity contribution in [3.8, 4) is 17.0 Å². The molecular formula is C21H21N5O. The molecular weight excluding hydrogens is 338 g/mol. The Morgan fingerprint density at radius 1 is 1.15 bits per heavy atom. The Hall–Kier alpha value is -3.12. The first-order valence-corrected chi connectivity index (χ1v) is 9.15. The number of ether oxygens (including phenoxy) is 1. The fraction of sp³-hybridized carbons (Fsp3) is 0.238. The van der Waals surface area contributed by atoms with Gasteiger partial charge in [-0.25, -0.2) is 9.97 Å². The molecule has 4 heterocycles. The number of hydrogen-bond donors (Lipinski definition) is 1. The number of rotatable bonds is 4. The molecule has 0 unspecified atom stereocenters. The second kappa shape index (κ2) is 6.55. The van der Waals surface area contributed by atoms with Crippen LogP contribution in [-0.2, 0) is 19.5 Å². The molecule has 0 saturated carbocycles. The summed E-state index contributed by atoms with van der Waals surface area (Å²) in [5.74, 6) is 0.854. The molecule has 136 valence electrons. The van der Waals surface area contributed by atoms with E-state index in [1.54, 1.807) is 13.4 Å². The highest BCUT2D eigenvalue weighted by Crippen LogP contribution is 2.28. The Bertz CT molecular complexity index is 1080. The molecule has 0 fully saturated rings. The first-order chi connectivity index (χ1) is 13.3. The van der Waals surface area contributed by atoms with Crippen molar-refractivity contribution in [3.63, 3.8) is 0 Å². The largest absolute Gasteiger partial charge is 0.497 e. The van der Waals surface area contributed by atoms with Crippen molar-refractivity contribution in [1.29, 1.82) is 0 Å². The molecule has 3 aromatic heterocycles. The Balaban J connectivity index is 1.54. The molecule has 0 atom stereocenters. The van der Waals surface area contributed by atoms with E-state index in [0.29, 0.717) is 0 Å². The second-order valence-electron chi connectivity index (χ2n) is 6.85. The van der Waals surface area contributed by atoms with Crippen molar-refractivity contribution in [2.24, 2.45) is 0 Å². The molecule has 0 radical (unpaired) electrons. The molecule has 4 aromatic rings. The quantitative estimate of drug-likeness (QED) is 0.607. The first kappa shape index (κ1) is 16.1. The number of pyridine rings is 1. The molecule has 0 saturated heterocycles. The minimum atomic E-state index is 0.838. The minimum Gasteiger partial charge on any atom is -0.497 e. The molecule has 6 nitrogen and oxygen atoms in total. The molecule has 0 bridgehead atoms. The Morgan fingerprint density at radius 2 is 2.04 bits per heavy atom. The molecule has 1 aliphatic rings. The summed E-state index contributed by atoms with van der Waals surface area (Å²) >= 11 is 0. The summed E-state index contributed by atoms with van der Waals surface area (Å²) in [6, 6.07) is 14.3. The number of nitrogens with zero attached hydrogens (tertiary/aromatic N) is 4. The van der Waals surface area contributed by atoms with E-state index in [1.165, 1.54) is 17.1 Å². The number of H-pyrrole nitrogens is 1. The zero-order valence-corrected chi connectivity index (χ0v) is 15.2. The van der Waals surface area contributed by atoms with E-state index in [0.717, 1.165) is 48.7 Å². The van der Waals surface area contributed by atoms with Crippen LogP contribution < -0.4 is 4.74 Å². The van der Waals surface area contributed by atoms with Crippen LogP contribution in [0.4, 0.5) is 0 Å². The van der Waals surface area contributed by atoms with E-state index in [-0.39, 0.29) is 0 Å². The average Bonchev–Trinajstić information content (AvgIpc) is 3.33. The van der Waals surface area contributed by atoms with Crippen molar-refractivity contribution in [1.82, 2.24) is 24.3 Å². The Labute approximate surface area is 157 Å². The van der Waals surface area contributed by atoms with Crippen LogP contribution in [0.3, 0.4) is 0 Å². The van der Waals surface area contributed by atoms with Crippen molar-refractivity contribution >= 4 is 5.65 Å². The molecule has 1 N–H and O–H groups in total. The predicted octanol–water partition coefficient (Wildman–Crippen LogP) is 3.29. The van der Waals surface area contributed by atoms with Gasteiger partial charge in [0, 0.05) is 37.8 Å². The van der Waals surface area contributed by atoms with E-state index in [4.69, 9.17) is 9.72 Å². The number of methoxy groups -OCH3 is 1. The van der Waals surface area contributed by atoms with Crippen LogP contribution in [0.5, 0.6) is 5.75 Å². The minimum absolute atomic E-state index is 0.838. The molecule has 27 heavy (non-hydrogen) atoms. The number of aromatic amines is 1. The van der Waals surface area contributed by atoms with Crippen molar-refractivity contribution in [2.75, 3.05) is 13.7 Å². The van der Waals surface area contributed by atoms with Crippen LogP contribution in [0.1, 0.15) is 17.1 Å². The fourth-order valence-electron chi connectivity index (χ4n) is 3.79. The summed E-state index contributed by atoms with van der Waals surface area (Å²) in [7, 11) is 1.69. The Morgan fingerprint density at radius 3 is 2.89 bits per heavy atom. The van der Waals surface area contributed by atoms with Crippen molar-refractivity contribution < 1.29 is 4.74 Å². The summed E-state index contributed by atoms with van der Waals surface area (Å²) in [6.07, 6.45) is 4.87. The molecule has 1 aromatic carbocycles.